The van der Waals surface area contributed by atoms with E-state index in [1.54, 1.807) is 6.08 Å². The summed E-state index contributed by atoms with van der Waals surface area (Å²) in [6, 6.07) is 2.39. The van der Waals surface area contributed by atoms with Crippen molar-refractivity contribution in [1.82, 2.24) is 0 Å². The van der Waals surface area contributed by atoms with E-state index in [-0.39, 0.29) is 22.3 Å². The zero-order valence-corrected chi connectivity index (χ0v) is 11.1. The van der Waals surface area contributed by atoms with Crippen LogP contribution in [0.3, 0.4) is 0 Å². The van der Waals surface area contributed by atoms with E-state index in [4.69, 9.17) is 9.84 Å². The zero-order valence-electron chi connectivity index (χ0n) is 11.1. The molecular weight excluding hydrogens is 276 g/mol. The predicted octanol–water partition coefficient (Wildman–Crippen LogP) is 2.43. The Kier molecular flexibility index (Phi) is 3.62. The van der Waals surface area contributed by atoms with Crippen LogP contribution in [0.4, 0.5) is 0 Å². The first-order valence-electron chi connectivity index (χ1n) is 6.00. The topological polar surface area (TPSA) is 101 Å². The molecule has 1 aliphatic rings. The minimum absolute atomic E-state index is 0.0397. The highest BCUT2D eigenvalue weighted by Gasteiger charge is 2.31. The van der Waals surface area contributed by atoms with Crippen LogP contribution in [-0.4, -0.2) is 27.9 Å². The minimum Gasteiger partial charge on any atom is -0.489 e. The fourth-order valence-electron chi connectivity index (χ4n) is 2.07. The molecule has 0 aromatic heterocycles. The fourth-order valence-corrected chi connectivity index (χ4v) is 2.07. The standard InChI is InChI=1S/C15H12O6/c1-7(2)13(16)8-3-4-9(14(17)18)12(15(19)20)11(8)10-5-6-21-10/h3-6,10H,1H2,2H3,(H,17,18)(H,19,20). The number of carboxylic acid groups (broad SMARTS) is 2. The van der Waals surface area contributed by atoms with Gasteiger partial charge in [-0.25, -0.2) is 9.59 Å². The quantitative estimate of drug-likeness (QED) is 0.637. The largest absolute Gasteiger partial charge is 0.489 e. The molecule has 21 heavy (non-hydrogen) atoms. The van der Waals surface area contributed by atoms with Crippen LogP contribution >= 0.6 is 0 Å². The Hall–Kier alpha value is -2.89. The Morgan fingerprint density at radius 1 is 1.14 bits per heavy atom. The van der Waals surface area contributed by atoms with Crippen LogP contribution in [0.25, 0.3) is 0 Å². The molecule has 6 nitrogen and oxygen atoms in total. The van der Waals surface area contributed by atoms with Crippen molar-refractivity contribution >= 4 is 17.7 Å². The van der Waals surface area contributed by atoms with E-state index in [0.717, 1.165) is 6.07 Å². The third kappa shape index (κ3) is 2.43. The summed E-state index contributed by atoms with van der Waals surface area (Å²) in [6.07, 6.45) is 2.13. The highest BCUT2D eigenvalue weighted by molar-refractivity contribution is 6.12. The molecule has 2 rings (SSSR count). The van der Waals surface area contributed by atoms with E-state index < -0.39 is 29.4 Å². The second-order valence-electron chi connectivity index (χ2n) is 4.55. The number of ether oxygens (including phenoxy) is 1. The Balaban J connectivity index is 2.79. The summed E-state index contributed by atoms with van der Waals surface area (Å²) in [5, 5.41) is 18.5. The molecule has 1 aromatic carbocycles. The molecule has 0 spiro atoms. The minimum atomic E-state index is -1.43. The highest BCUT2D eigenvalue weighted by atomic mass is 16.5. The Morgan fingerprint density at radius 2 is 1.71 bits per heavy atom. The number of allylic oxidation sites excluding steroid dienone is 1. The summed E-state index contributed by atoms with van der Waals surface area (Å²) >= 11 is 0. The normalized spacial score (nSPS) is 15.8. The van der Waals surface area contributed by atoms with Gasteiger partial charge in [-0.2, -0.15) is 0 Å². The molecule has 0 amide bonds. The third-order valence-electron chi connectivity index (χ3n) is 3.09. The second-order valence-corrected chi connectivity index (χ2v) is 4.55. The summed E-state index contributed by atoms with van der Waals surface area (Å²) in [7, 11) is 0. The molecule has 0 aliphatic carbocycles. The van der Waals surface area contributed by atoms with Crippen molar-refractivity contribution in [2.24, 2.45) is 0 Å². The molecule has 1 aliphatic heterocycles. The number of Topliss-reactive ketones (excluding diaryl/α,β-unsaturated/α-hetero) is 1. The number of hydrogen-bond acceptors (Lipinski definition) is 4. The van der Waals surface area contributed by atoms with Crippen LogP contribution in [0.5, 0.6) is 0 Å². The van der Waals surface area contributed by atoms with Gasteiger partial charge in [0.05, 0.1) is 17.4 Å². The van der Waals surface area contributed by atoms with Crippen molar-refractivity contribution in [1.29, 1.82) is 0 Å². The molecular formula is C15H12O6. The van der Waals surface area contributed by atoms with Crippen molar-refractivity contribution in [3.63, 3.8) is 0 Å². The van der Waals surface area contributed by atoms with Crippen molar-refractivity contribution in [2.75, 3.05) is 0 Å². The van der Waals surface area contributed by atoms with Crippen LogP contribution < -0.4 is 0 Å². The SMILES string of the molecule is C=C(C)C(=O)c1ccc(C(=O)O)c(C(=O)O)c1C1C=CO1. The number of carboxylic acids is 2. The molecule has 108 valence electrons. The Bertz CT molecular complexity index is 698. The van der Waals surface area contributed by atoms with Gasteiger partial charge in [0, 0.05) is 11.1 Å². The predicted molar refractivity (Wildman–Crippen MR) is 72.5 cm³/mol. The van der Waals surface area contributed by atoms with Crippen LogP contribution in [0, 0.1) is 0 Å². The van der Waals surface area contributed by atoms with Gasteiger partial charge in [0.2, 0.25) is 0 Å². The average Bonchev–Trinajstić information content (AvgIpc) is 2.34. The van der Waals surface area contributed by atoms with Gasteiger partial charge in [0.25, 0.3) is 0 Å². The van der Waals surface area contributed by atoms with Gasteiger partial charge in [0.1, 0.15) is 6.10 Å². The maximum absolute atomic E-state index is 12.1. The van der Waals surface area contributed by atoms with E-state index in [0.29, 0.717) is 0 Å². The summed E-state index contributed by atoms with van der Waals surface area (Å²) in [5.74, 6) is -3.26. The van der Waals surface area contributed by atoms with Crippen molar-refractivity contribution in [3.8, 4) is 0 Å². The molecule has 6 heteroatoms. The zero-order chi connectivity index (χ0) is 15.7. The van der Waals surface area contributed by atoms with Gasteiger partial charge >= 0.3 is 11.9 Å². The lowest BCUT2D eigenvalue weighted by atomic mass is 9.88. The molecule has 0 saturated heterocycles. The molecule has 2 N–H and O–H groups in total. The summed E-state index contributed by atoms with van der Waals surface area (Å²) < 4.78 is 5.09. The maximum atomic E-state index is 12.1. The van der Waals surface area contributed by atoms with Crippen molar-refractivity contribution in [2.45, 2.75) is 13.0 Å². The number of benzene rings is 1. The number of ketones is 1. The van der Waals surface area contributed by atoms with Crippen molar-refractivity contribution in [3.05, 3.63) is 58.9 Å². The highest BCUT2D eigenvalue weighted by Crippen LogP contribution is 2.34. The monoisotopic (exact) mass is 288 g/mol. The van der Waals surface area contributed by atoms with E-state index in [1.807, 2.05) is 0 Å². The average molecular weight is 288 g/mol. The molecule has 0 bridgehead atoms. The van der Waals surface area contributed by atoms with E-state index >= 15 is 0 Å². The van der Waals surface area contributed by atoms with Crippen LogP contribution in [-0.2, 0) is 4.74 Å². The van der Waals surface area contributed by atoms with Gasteiger partial charge in [-0.15, -0.1) is 0 Å². The first kappa shape index (κ1) is 14.5. The van der Waals surface area contributed by atoms with Gasteiger partial charge in [-0.3, -0.25) is 4.79 Å². The van der Waals surface area contributed by atoms with Crippen molar-refractivity contribution < 1.29 is 29.3 Å². The van der Waals surface area contributed by atoms with E-state index in [2.05, 4.69) is 6.58 Å². The smallest absolute Gasteiger partial charge is 0.337 e. The molecule has 1 atom stereocenters. The molecule has 1 aromatic rings. The lowest BCUT2D eigenvalue weighted by Gasteiger charge is -2.24. The first-order valence-corrected chi connectivity index (χ1v) is 6.00. The summed E-state index contributed by atoms with van der Waals surface area (Å²) in [6.45, 7) is 5.03. The number of hydrogen-bond donors (Lipinski definition) is 2. The van der Waals surface area contributed by atoms with E-state index in [9.17, 15) is 19.5 Å². The Labute approximate surface area is 120 Å². The van der Waals surface area contributed by atoms with Crippen LogP contribution in [0.1, 0.15) is 49.7 Å². The van der Waals surface area contributed by atoms with Crippen LogP contribution in [0.2, 0.25) is 0 Å². The second kappa shape index (κ2) is 5.24. The number of carbonyl (C=O) groups is 3. The molecule has 0 fully saturated rings. The lowest BCUT2D eigenvalue weighted by molar-refractivity contribution is 0.0643. The number of aromatic carboxylic acids is 2. The molecule has 1 unspecified atom stereocenters. The summed E-state index contributed by atoms with van der Waals surface area (Å²) in [4.78, 5) is 34.8. The maximum Gasteiger partial charge on any atom is 0.337 e. The van der Waals surface area contributed by atoms with Gasteiger partial charge < -0.3 is 14.9 Å². The molecule has 1 heterocycles. The third-order valence-corrected chi connectivity index (χ3v) is 3.09. The van der Waals surface area contributed by atoms with E-state index in [1.165, 1.54) is 19.3 Å². The number of rotatable bonds is 5. The van der Waals surface area contributed by atoms with Gasteiger partial charge in [-0.05, 0) is 30.7 Å². The summed E-state index contributed by atoms with van der Waals surface area (Å²) in [5.41, 5.74) is -0.486. The Morgan fingerprint density at radius 3 is 2.10 bits per heavy atom. The van der Waals surface area contributed by atoms with Gasteiger partial charge in [0.15, 0.2) is 5.78 Å². The number of carbonyl (C=O) groups excluding carboxylic acids is 1. The van der Waals surface area contributed by atoms with Crippen LogP contribution in [0.15, 0.2) is 36.6 Å². The molecule has 0 saturated carbocycles. The fraction of sp³-hybridized carbons (Fsp3) is 0.133. The lowest BCUT2D eigenvalue weighted by Crippen LogP contribution is -2.20. The first-order chi connectivity index (χ1) is 9.84. The molecule has 0 radical (unpaired) electrons. The van der Waals surface area contributed by atoms with Gasteiger partial charge in [-0.1, -0.05) is 6.58 Å².